The predicted molar refractivity (Wildman–Crippen MR) is 95.0 cm³/mol. The minimum Gasteiger partial charge on any atom is -0.339 e. The molecule has 0 unspecified atom stereocenters. The zero-order valence-corrected chi connectivity index (χ0v) is 15.3. The zero-order chi connectivity index (χ0) is 16.4. The monoisotopic (exact) mass is 373 g/mol. The van der Waals surface area contributed by atoms with E-state index < -0.39 is 10.0 Å². The number of hydrogen-bond donors (Lipinski definition) is 2. The van der Waals surface area contributed by atoms with Crippen LogP contribution >= 0.6 is 12.4 Å². The van der Waals surface area contributed by atoms with Gasteiger partial charge in [0, 0.05) is 24.7 Å². The first-order valence-corrected chi connectivity index (χ1v) is 9.56. The Bertz CT molecular complexity index is 686. The highest BCUT2D eigenvalue weighted by Crippen LogP contribution is 2.23. The first-order valence-electron chi connectivity index (χ1n) is 8.07. The SMILES string of the molecule is CN(C(=O)c1cccc(S(=O)(=O)NC2CC2)c1)C1CCNCC1.Cl. The van der Waals surface area contributed by atoms with Gasteiger partial charge in [0.1, 0.15) is 0 Å². The highest BCUT2D eigenvalue weighted by molar-refractivity contribution is 7.89. The number of halogens is 1. The van der Waals surface area contributed by atoms with E-state index >= 15 is 0 Å². The number of nitrogens with one attached hydrogen (secondary N) is 2. The van der Waals surface area contributed by atoms with Crippen molar-refractivity contribution >= 4 is 28.3 Å². The van der Waals surface area contributed by atoms with Crippen molar-refractivity contribution in [2.24, 2.45) is 0 Å². The van der Waals surface area contributed by atoms with Crippen molar-refractivity contribution in [3.8, 4) is 0 Å². The van der Waals surface area contributed by atoms with Crippen LogP contribution in [0, 0.1) is 0 Å². The Morgan fingerprint density at radius 2 is 1.88 bits per heavy atom. The van der Waals surface area contributed by atoms with Crippen molar-refractivity contribution < 1.29 is 13.2 Å². The van der Waals surface area contributed by atoms with E-state index in [0.717, 1.165) is 38.8 Å². The summed E-state index contributed by atoms with van der Waals surface area (Å²) >= 11 is 0. The van der Waals surface area contributed by atoms with Crippen molar-refractivity contribution in [1.82, 2.24) is 14.9 Å². The molecule has 1 aromatic carbocycles. The van der Waals surface area contributed by atoms with E-state index in [0.29, 0.717) is 5.56 Å². The summed E-state index contributed by atoms with van der Waals surface area (Å²) in [6, 6.07) is 6.57. The molecule has 6 nitrogen and oxygen atoms in total. The van der Waals surface area contributed by atoms with Gasteiger partial charge in [-0.25, -0.2) is 13.1 Å². The van der Waals surface area contributed by atoms with Gasteiger partial charge in [-0.15, -0.1) is 12.4 Å². The van der Waals surface area contributed by atoms with E-state index in [1.165, 1.54) is 12.1 Å². The van der Waals surface area contributed by atoms with Gasteiger partial charge < -0.3 is 10.2 Å². The van der Waals surface area contributed by atoms with Crippen LogP contribution in [0.4, 0.5) is 0 Å². The van der Waals surface area contributed by atoms with Gasteiger partial charge >= 0.3 is 0 Å². The molecule has 1 saturated carbocycles. The summed E-state index contributed by atoms with van der Waals surface area (Å²) < 4.78 is 27.2. The van der Waals surface area contributed by atoms with Crippen molar-refractivity contribution in [1.29, 1.82) is 0 Å². The van der Waals surface area contributed by atoms with Crippen LogP contribution in [0.5, 0.6) is 0 Å². The van der Waals surface area contributed by atoms with Crippen LogP contribution in [0.25, 0.3) is 0 Å². The molecule has 1 amide bonds. The zero-order valence-electron chi connectivity index (χ0n) is 13.7. The van der Waals surface area contributed by atoms with Gasteiger partial charge in [0.2, 0.25) is 10.0 Å². The van der Waals surface area contributed by atoms with Crippen LogP contribution in [0.3, 0.4) is 0 Å². The smallest absolute Gasteiger partial charge is 0.253 e. The minimum atomic E-state index is -3.53. The second kappa shape index (κ2) is 7.82. The second-order valence-corrected chi connectivity index (χ2v) is 8.03. The molecule has 0 bridgehead atoms. The van der Waals surface area contributed by atoms with Crippen molar-refractivity contribution in [2.45, 2.75) is 42.7 Å². The molecule has 0 radical (unpaired) electrons. The molecule has 8 heteroatoms. The molecule has 2 fully saturated rings. The molecule has 2 aliphatic rings. The lowest BCUT2D eigenvalue weighted by atomic mass is 10.0. The molecule has 0 atom stereocenters. The van der Waals surface area contributed by atoms with Crippen LogP contribution in [-0.2, 0) is 10.0 Å². The first-order chi connectivity index (χ1) is 11.0. The average molecular weight is 374 g/mol. The number of rotatable bonds is 5. The molecule has 1 saturated heterocycles. The van der Waals surface area contributed by atoms with E-state index in [1.54, 1.807) is 24.1 Å². The van der Waals surface area contributed by atoms with Gasteiger partial charge in [-0.3, -0.25) is 4.79 Å². The number of piperidine rings is 1. The summed E-state index contributed by atoms with van der Waals surface area (Å²) in [5, 5.41) is 3.28. The molecule has 0 aromatic heterocycles. The Labute approximate surface area is 149 Å². The molecule has 3 rings (SSSR count). The van der Waals surface area contributed by atoms with Crippen LogP contribution in [-0.4, -0.2) is 51.4 Å². The summed E-state index contributed by atoms with van der Waals surface area (Å²) in [5.41, 5.74) is 0.421. The van der Waals surface area contributed by atoms with E-state index in [1.807, 2.05) is 0 Å². The van der Waals surface area contributed by atoms with Crippen molar-refractivity contribution in [3.63, 3.8) is 0 Å². The molecule has 0 spiro atoms. The van der Waals surface area contributed by atoms with Gasteiger partial charge in [0.05, 0.1) is 4.90 Å². The quantitative estimate of drug-likeness (QED) is 0.817. The van der Waals surface area contributed by atoms with E-state index in [9.17, 15) is 13.2 Å². The third-order valence-electron chi connectivity index (χ3n) is 4.47. The molecule has 24 heavy (non-hydrogen) atoms. The highest BCUT2D eigenvalue weighted by atomic mass is 35.5. The summed E-state index contributed by atoms with van der Waals surface area (Å²) in [4.78, 5) is 14.5. The lowest BCUT2D eigenvalue weighted by molar-refractivity contribution is 0.0703. The van der Waals surface area contributed by atoms with Crippen LogP contribution in [0.2, 0.25) is 0 Å². The average Bonchev–Trinajstić information content (AvgIpc) is 3.37. The fourth-order valence-electron chi connectivity index (χ4n) is 2.85. The fourth-order valence-corrected chi connectivity index (χ4v) is 4.20. The molecule has 2 N–H and O–H groups in total. The second-order valence-electron chi connectivity index (χ2n) is 6.32. The number of carbonyl (C=O) groups is 1. The third-order valence-corrected chi connectivity index (χ3v) is 5.99. The Morgan fingerprint density at radius 1 is 1.21 bits per heavy atom. The number of benzene rings is 1. The van der Waals surface area contributed by atoms with Gasteiger partial charge in [0.25, 0.3) is 5.91 Å². The maximum Gasteiger partial charge on any atom is 0.253 e. The molecule has 1 aliphatic heterocycles. The Hall–Kier alpha value is -1.15. The van der Waals surface area contributed by atoms with Gasteiger partial charge in [0.15, 0.2) is 0 Å². The fraction of sp³-hybridized carbons (Fsp3) is 0.562. The maximum atomic E-state index is 12.6. The van der Waals surface area contributed by atoms with Crippen molar-refractivity contribution in [3.05, 3.63) is 29.8 Å². The highest BCUT2D eigenvalue weighted by Gasteiger charge is 2.29. The Balaban J connectivity index is 0.00000208. The van der Waals surface area contributed by atoms with Crippen LogP contribution < -0.4 is 10.0 Å². The molecule has 134 valence electrons. The van der Waals surface area contributed by atoms with E-state index in [2.05, 4.69) is 10.0 Å². The van der Waals surface area contributed by atoms with Crippen LogP contribution in [0.1, 0.15) is 36.0 Å². The lowest BCUT2D eigenvalue weighted by Gasteiger charge is -2.31. The maximum absolute atomic E-state index is 12.6. The number of nitrogens with zero attached hydrogens (tertiary/aromatic N) is 1. The molecular weight excluding hydrogens is 350 g/mol. The first kappa shape index (κ1) is 19.2. The predicted octanol–water partition coefficient (Wildman–Crippen LogP) is 1.37. The minimum absolute atomic E-state index is 0. The van der Waals surface area contributed by atoms with Crippen LogP contribution in [0.15, 0.2) is 29.2 Å². The summed E-state index contributed by atoms with van der Waals surface area (Å²) in [7, 11) is -1.74. The standard InChI is InChI=1S/C16H23N3O3S.ClH/c1-19(14-7-9-17-10-8-14)16(20)12-3-2-4-15(11-12)23(21,22)18-13-5-6-13;/h2-4,11,13-14,17-18H,5-10H2,1H3;1H. The molecule has 1 aliphatic carbocycles. The molecule has 1 aromatic rings. The number of amides is 1. The van der Waals surface area contributed by atoms with Crippen molar-refractivity contribution in [2.75, 3.05) is 20.1 Å². The topological polar surface area (TPSA) is 78.5 Å². The van der Waals surface area contributed by atoms with E-state index in [-0.39, 0.29) is 35.3 Å². The Kier molecular flexibility index (Phi) is 6.25. The summed E-state index contributed by atoms with van der Waals surface area (Å²) in [6.45, 7) is 1.81. The normalized spacial score (nSPS) is 18.7. The third kappa shape index (κ3) is 4.47. The number of sulfonamides is 1. The number of hydrogen-bond acceptors (Lipinski definition) is 4. The van der Waals surface area contributed by atoms with Gasteiger partial charge in [-0.2, -0.15) is 0 Å². The largest absolute Gasteiger partial charge is 0.339 e. The molecular formula is C16H24ClN3O3S. The molecule has 1 heterocycles. The number of carbonyl (C=O) groups excluding carboxylic acids is 1. The Morgan fingerprint density at radius 3 is 2.50 bits per heavy atom. The van der Waals surface area contributed by atoms with Gasteiger partial charge in [-0.1, -0.05) is 6.07 Å². The summed E-state index contributed by atoms with van der Waals surface area (Å²) in [6.07, 6.45) is 3.61. The van der Waals surface area contributed by atoms with Gasteiger partial charge in [-0.05, 0) is 57.0 Å². The lowest BCUT2D eigenvalue weighted by Crippen LogP contribution is -2.44. The summed E-state index contributed by atoms with van der Waals surface area (Å²) in [5.74, 6) is -0.125. The van der Waals surface area contributed by atoms with E-state index in [4.69, 9.17) is 0 Å².